The van der Waals surface area contributed by atoms with Crippen LogP contribution in [0.25, 0.3) is 10.2 Å². The number of hydrazone groups is 1. The molecule has 8 heteroatoms. The maximum absolute atomic E-state index is 13.2. The van der Waals surface area contributed by atoms with Gasteiger partial charge in [-0.15, -0.1) is 0 Å². The van der Waals surface area contributed by atoms with E-state index in [9.17, 15) is 9.18 Å². The zero-order chi connectivity index (χ0) is 20.4. The van der Waals surface area contributed by atoms with Gasteiger partial charge in [-0.2, -0.15) is 10.1 Å². The number of fused-ring (bicyclic) bond motifs is 1. The van der Waals surface area contributed by atoms with E-state index in [1.54, 1.807) is 30.3 Å². The quantitative estimate of drug-likeness (QED) is 0.218. The number of aromatic nitrogens is 1. The van der Waals surface area contributed by atoms with E-state index in [1.165, 1.54) is 34.7 Å². The van der Waals surface area contributed by atoms with Crippen LogP contribution in [0, 0.1) is 5.82 Å². The summed E-state index contributed by atoms with van der Waals surface area (Å²) in [7, 11) is 0. The monoisotopic (exact) mass is 531 g/mol. The summed E-state index contributed by atoms with van der Waals surface area (Å²) in [5.41, 5.74) is 1.91. The van der Waals surface area contributed by atoms with Crippen LogP contribution in [-0.2, 0) is 0 Å². The largest absolute Gasteiger partial charge is 0.280 e. The highest BCUT2D eigenvalue weighted by atomic mass is 79.9. The van der Waals surface area contributed by atoms with E-state index in [1.807, 2.05) is 24.3 Å². The summed E-state index contributed by atoms with van der Waals surface area (Å²) < 4.78 is 15.8. The van der Waals surface area contributed by atoms with Gasteiger partial charge >= 0.3 is 0 Å². The molecule has 0 aliphatic rings. The van der Waals surface area contributed by atoms with Gasteiger partial charge in [-0.1, -0.05) is 61.4 Å². The number of carbonyl (C=O) groups excluding carboxylic acids is 1. The highest BCUT2D eigenvalue weighted by Crippen LogP contribution is 2.32. The maximum atomic E-state index is 13.2. The Balaban J connectivity index is 1.76. The first-order valence-corrected chi connectivity index (χ1v) is 10.9. The van der Waals surface area contributed by atoms with Crippen LogP contribution in [0.5, 0.6) is 0 Å². The van der Waals surface area contributed by atoms with E-state index in [0.717, 1.165) is 19.2 Å². The number of rotatable bonds is 4. The Labute approximate surface area is 187 Å². The number of carbonyl (C=O) groups is 1. The van der Waals surface area contributed by atoms with Crippen molar-refractivity contribution in [2.24, 2.45) is 5.10 Å². The Hall–Kier alpha value is -2.42. The number of nitrogens with zero attached hydrogens (tertiary/aromatic N) is 3. The van der Waals surface area contributed by atoms with Crippen molar-refractivity contribution in [1.29, 1.82) is 0 Å². The van der Waals surface area contributed by atoms with Crippen LogP contribution in [0.15, 0.2) is 80.8 Å². The predicted molar refractivity (Wildman–Crippen MR) is 122 cm³/mol. The molecule has 0 aliphatic heterocycles. The fourth-order valence-corrected chi connectivity index (χ4v) is 4.46. The first kappa shape index (κ1) is 19.9. The van der Waals surface area contributed by atoms with Crippen molar-refractivity contribution in [2.75, 3.05) is 5.01 Å². The molecular formula is C21H12Br2FN3OS. The van der Waals surface area contributed by atoms with Gasteiger partial charge in [-0.05, 0) is 54.1 Å². The number of amides is 1. The first-order chi connectivity index (χ1) is 14.0. The lowest BCUT2D eigenvalue weighted by Crippen LogP contribution is -2.25. The van der Waals surface area contributed by atoms with Gasteiger partial charge in [0.05, 0.1) is 16.4 Å². The average Bonchev–Trinajstić information content (AvgIpc) is 3.12. The highest BCUT2D eigenvalue weighted by Gasteiger charge is 2.21. The third-order valence-corrected chi connectivity index (χ3v) is 5.96. The molecule has 144 valence electrons. The summed E-state index contributed by atoms with van der Waals surface area (Å²) in [4.78, 5) is 17.8. The lowest BCUT2D eigenvalue weighted by atomic mass is 10.2. The van der Waals surface area contributed by atoms with Crippen molar-refractivity contribution in [2.45, 2.75) is 0 Å². The van der Waals surface area contributed by atoms with E-state index in [0.29, 0.717) is 16.3 Å². The predicted octanol–water partition coefficient (Wildman–Crippen LogP) is 6.64. The number of halogens is 3. The highest BCUT2D eigenvalue weighted by molar-refractivity contribution is 9.10. The normalized spacial score (nSPS) is 11.3. The minimum absolute atomic E-state index is 0.317. The number of anilines is 1. The zero-order valence-corrected chi connectivity index (χ0v) is 18.7. The SMILES string of the molecule is O=C(c1cccc(Br)c1)N(/N=C/c1ccc(F)cc1)c1nc2ccc(Br)cc2s1. The summed E-state index contributed by atoms with van der Waals surface area (Å²) in [6, 6.07) is 18.7. The Morgan fingerprint density at radius 1 is 1.03 bits per heavy atom. The molecule has 1 heterocycles. The van der Waals surface area contributed by atoms with E-state index in [2.05, 4.69) is 41.9 Å². The number of benzene rings is 3. The molecule has 4 rings (SSSR count). The fourth-order valence-electron chi connectivity index (χ4n) is 2.58. The number of hydrogen-bond donors (Lipinski definition) is 0. The van der Waals surface area contributed by atoms with Crippen LogP contribution in [-0.4, -0.2) is 17.1 Å². The molecule has 3 aromatic carbocycles. The molecule has 4 nitrogen and oxygen atoms in total. The minimum Gasteiger partial charge on any atom is -0.267 e. The Kier molecular flexibility index (Phi) is 5.84. The second-order valence-electron chi connectivity index (χ2n) is 6.03. The van der Waals surface area contributed by atoms with Crippen LogP contribution in [0.4, 0.5) is 9.52 Å². The summed E-state index contributed by atoms with van der Waals surface area (Å²) in [6.07, 6.45) is 1.51. The molecule has 29 heavy (non-hydrogen) atoms. The van der Waals surface area contributed by atoms with Crippen molar-refractivity contribution in [1.82, 2.24) is 4.98 Å². The lowest BCUT2D eigenvalue weighted by molar-refractivity contribution is 0.0988. The van der Waals surface area contributed by atoms with Crippen molar-refractivity contribution >= 4 is 70.7 Å². The van der Waals surface area contributed by atoms with Crippen molar-refractivity contribution < 1.29 is 9.18 Å². The molecule has 0 radical (unpaired) electrons. The van der Waals surface area contributed by atoms with Gasteiger partial charge < -0.3 is 0 Å². The molecule has 0 bridgehead atoms. The molecule has 0 fully saturated rings. The molecule has 1 amide bonds. The van der Waals surface area contributed by atoms with Crippen LogP contribution < -0.4 is 5.01 Å². The van der Waals surface area contributed by atoms with Gasteiger partial charge in [0.25, 0.3) is 5.91 Å². The topological polar surface area (TPSA) is 45.6 Å². The van der Waals surface area contributed by atoms with Crippen molar-refractivity contribution in [3.8, 4) is 0 Å². The molecule has 0 unspecified atom stereocenters. The molecule has 1 aromatic heterocycles. The molecule has 0 aliphatic carbocycles. The Morgan fingerprint density at radius 2 is 1.79 bits per heavy atom. The minimum atomic E-state index is -0.332. The summed E-state index contributed by atoms with van der Waals surface area (Å²) in [5, 5.41) is 6.09. The second kappa shape index (κ2) is 8.52. The van der Waals surface area contributed by atoms with Gasteiger partial charge in [0.1, 0.15) is 5.82 Å². The van der Waals surface area contributed by atoms with E-state index in [-0.39, 0.29) is 11.7 Å². The van der Waals surface area contributed by atoms with E-state index in [4.69, 9.17) is 0 Å². The number of thiazole rings is 1. The molecule has 0 N–H and O–H groups in total. The van der Waals surface area contributed by atoms with E-state index >= 15 is 0 Å². The van der Waals surface area contributed by atoms with Crippen LogP contribution in [0.2, 0.25) is 0 Å². The Bertz CT molecular complexity index is 1220. The molecule has 0 atom stereocenters. The van der Waals surface area contributed by atoms with Crippen molar-refractivity contribution in [3.05, 3.63) is 92.6 Å². The average molecular weight is 533 g/mol. The Morgan fingerprint density at radius 3 is 2.55 bits per heavy atom. The van der Waals surface area contributed by atoms with Gasteiger partial charge in [0.15, 0.2) is 0 Å². The maximum Gasteiger partial charge on any atom is 0.280 e. The molecule has 0 saturated carbocycles. The molecule has 4 aromatic rings. The van der Waals surface area contributed by atoms with Gasteiger partial charge in [-0.25, -0.2) is 9.37 Å². The standard InChI is InChI=1S/C21H12Br2FN3OS/c22-15-3-1-2-14(10-15)20(28)27(25-12-13-4-7-17(24)8-5-13)21-26-18-9-6-16(23)11-19(18)29-21/h1-12H/b25-12+. The summed E-state index contributed by atoms with van der Waals surface area (Å²) in [6.45, 7) is 0. The first-order valence-electron chi connectivity index (χ1n) is 8.45. The molecule has 0 spiro atoms. The summed E-state index contributed by atoms with van der Waals surface area (Å²) in [5.74, 6) is -0.649. The zero-order valence-electron chi connectivity index (χ0n) is 14.7. The van der Waals surface area contributed by atoms with Gasteiger partial charge in [0.2, 0.25) is 5.13 Å². The molecule has 0 saturated heterocycles. The third kappa shape index (κ3) is 4.60. The van der Waals surface area contributed by atoms with Gasteiger partial charge in [0, 0.05) is 14.5 Å². The smallest absolute Gasteiger partial charge is 0.267 e. The van der Waals surface area contributed by atoms with Gasteiger partial charge in [-0.3, -0.25) is 4.79 Å². The third-order valence-electron chi connectivity index (χ3n) is 3.98. The van der Waals surface area contributed by atoms with E-state index < -0.39 is 0 Å². The van der Waals surface area contributed by atoms with Crippen LogP contribution in [0.3, 0.4) is 0 Å². The van der Waals surface area contributed by atoms with Crippen LogP contribution in [0.1, 0.15) is 15.9 Å². The lowest BCUT2D eigenvalue weighted by Gasteiger charge is -2.14. The fraction of sp³-hybridized carbons (Fsp3) is 0. The van der Waals surface area contributed by atoms with Crippen molar-refractivity contribution in [3.63, 3.8) is 0 Å². The molecular weight excluding hydrogens is 521 g/mol. The van der Waals surface area contributed by atoms with Crippen LogP contribution >= 0.6 is 43.2 Å². The second-order valence-corrected chi connectivity index (χ2v) is 8.87. The summed E-state index contributed by atoms with van der Waals surface area (Å²) >= 11 is 8.21. The number of hydrogen-bond acceptors (Lipinski definition) is 4.